The highest BCUT2D eigenvalue weighted by Gasteiger charge is 2.23. The van der Waals surface area contributed by atoms with Crippen LogP contribution in [0.3, 0.4) is 0 Å². The molecule has 0 fully saturated rings. The van der Waals surface area contributed by atoms with Gasteiger partial charge in [-0.05, 0) is 30.7 Å². The van der Waals surface area contributed by atoms with Crippen molar-refractivity contribution in [2.75, 3.05) is 6.61 Å². The number of ketones is 1. The summed E-state index contributed by atoms with van der Waals surface area (Å²) in [5.41, 5.74) is 1.65. The molecule has 1 aromatic heterocycles. The van der Waals surface area contributed by atoms with Gasteiger partial charge >= 0.3 is 0 Å². The summed E-state index contributed by atoms with van der Waals surface area (Å²) in [6.07, 6.45) is 0.836. The number of ether oxygens (including phenoxy) is 1. The van der Waals surface area contributed by atoms with E-state index in [1.165, 1.54) is 11.3 Å². The van der Waals surface area contributed by atoms with Crippen molar-refractivity contribution in [1.82, 2.24) is 4.98 Å². The molecular weight excluding hydrogens is 380 g/mol. The van der Waals surface area contributed by atoms with Crippen molar-refractivity contribution in [2.24, 2.45) is 0 Å². The number of rotatable bonds is 8. The number of nitriles is 1. The zero-order chi connectivity index (χ0) is 19.1. The molecule has 1 unspecified atom stereocenters. The van der Waals surface area contributed by atoms with Crippen LogP contribution in [0.25, 0.3) is 11.3 Å². The molecular formula is C21H17ClN2O2S. The van der Waals surface area contributed by atoms with E-state index in [9.17, 15) is 10.1 Å². The molecule has 1 heterocycles. The van der Waals surface area contributed by atoms with Crippen molar-refractivity contribution < 1.29 is 9.53 Å². The maximum absolute atomic E-state index is 12.4. The Morgan fingerprint density at radius 2 is 1.93 bits per heavy atom. The fourth-order valence-electron chi connectivity index (χ4n) is 2.54. The molecule has 0 radical (unpaired) electrons. The maximum Gasteiger partial charge on any atom is 0.157 e. The molecule has 0 saturated heterocycles. The molecule has 0 amide bonds. The monoisotopic (exact) mass is 396 g/mol. The van der Waals surface area contributed by atoms with Crippen LogP contribution in [-0.4, -0.2) is 17.4 Å². The van der Waals surface area contributed by atoms with E-state index in [4.69, 9.17) is 16.3 Å². The van der Waals surface area contributed by atoms with Gasteiger partial charge in [0.25, 0.3) is 0 Å². The van der Waals surface area contributed by atoms with E-state index in [0.29, 0.717) is 23.1 Å². The van der Waals surface area contributed by atoms with Crippen LogP contribution in [-0.2, 0) is 4.79 Å². The number of carbonyl (C=O) groups excluding carboxylic acids is 1. The maximum atomic E-state index is 12.4. The molecule has 27 heavy (non-hydrogen) atoms. The third-order valence-corrected chi connectivity index (χ3v) is 5.10. The first-order valence-electron chi connectivity index (χ1n) is 8.49. The summed E-state index contributed by atoms with van der Waals surface area (Å²) in [4.78, 5) is 16.9. The molecule has 2 aromatic carbocycles. The smallest absolute Gasteiger partial charge is 0.157 e. The van der Waals surface area contributed by atoms with Crippen LogP contribution in [0.15, 0.2) is 60.0 Å². The SMILES string of the molecule is N#CC(C(=O)CCCOc1ccccc1)c1nc(-c2ccc(Cl)cc2)cs1. The number of para-hydroxylation sites is 1. The van der Waals surface area contributed by atoms with E-state index in [2.05, 4.69) is 11.1 Å². The molecule has 3 aromatic rings. The second-order valence-electron chi connectivity index (χ2n) is 5.87. The summed E-state index contributed by atoms with van der Waals surface area (Å²) in [5.74, 6) is -0.201. The molecule has 0 bridgehead atoms. The third kappa shape index (κ3) is 5.16. The molecule has 6 heteroatoms. The van der Waals surface area contributed by atoms with Crippen molar-refractivity contribution in [3.63, 3.8) is 0 Å². The lowest BCUT2D eigenvalue weighted by atomic mass is 10.0. The minimum absolute atomic E-state index is 0.133. The van der Waals surface area contributed by atoms with Gasteiger partial charge in [0.05, 0.1) is 18.4 Å². The van der Waals surface area contributed by atoms with Gasteiger partial charge in [-0.2, -0.15) is 5.26 Å². The number of aromatic nitrogens is 1. The summed E-state index contributed by atoms with van der Waals surface area (Å²) >= 11 is 7.23. The number of Topliss-reactive ketones (excluding diaryl/α,β-unsaturated/α-hetero) is 1. The highest BCUT2D eigenvalue weighted by Crippen LogP contribution is 2.28. The molecule has 0 aliphatic rings. The molecule has 4 nitrogen and oxygen atoms in total. The van der Waals surface area contributed by atoms with Crippen LogP contribution in [0.1, 0.15) is 23.8 Å². The zero-order valence-corrected chi connectivity index (χ0v) is 16.0. The number of hydrogen-bond donors (Lipinski definition) is 0. The molecule has 3 rings (SSSR count). The van der Waals surface area contributed by atoms with Crippen LogP contribution >= 0.6 is 22.9 Å². The summed E-state index contributed by atoms with van der Waals surface area (Å²) in [6.45, 7) is 0.432. The van der Waals surface area contributed by atoms with Gasteiger partial charge in [-0.25, -0.2) is 4.98 Å². The summed E-state index contributed by atoms with van der Waals surface area (Å²) in [6, 6.07) is 18.8. The van der Waals surface area contributed by atoms with Crippen molar-refractivity contribution in [2.45, 2.75) is 18.8 Å². The molecule has 0 spiro atoms. The van der Waals surface area contributed by atoms with Crippen LogP contribution in [0, 0.1) is 11.3 Å². The Bertz CT molecular complexity index is 933. The fourth-order valence-corrected chi connectivity index (χ4v) is 3.55. The van der Waals surface area contributed by atoms with Gasteiger partial charge in [0.1, 0.15) is 10.8 Å². The second kappa shape index (κ2) is 9.31. The van der Waals surface area contributed by atoms with Crippen LogP contribution in [0.2, 0.25) is 5.02 Å². The number of thiazole rings is 1. The molecule has 0 aliphatic carbocycles. The lowest BCUT2D eigenvalue weighted by Crippen LogP contribution is -2.12. The van der Waals surface area contributed by atoms with E-state index >= 15 is 0 Å². The number of carbonyl (C=O) groups is 1. The van der Waals surface area contributed by atoms with Gasteiger partial charge in [0, 0.05) is 22.4 Å². The second-order valence-corrected chi connectivity index (χ2v) is 7.20. The first kappa shape index (κ1) is 19.1. The highest BCUT2D eigenvalue weighted by molar-refractivity contribution is 7.10. The first-order chi connectivity index (χ1) is 13.2. The minimum Gasteiger partial charge on any atom is -0.494 e. The zero-order valence-electron chi connectivity index (χ0n) is 14.5. The normalized spacial score (nSPS) is 11.6. The van der Waals surface area contributed by atoms with Gasteiger partial charge in [-0.3, -0.25) is 4.79 Å². The molecule has 0 N–H and O–H groups in total. The van der Waals surface area contributed by atoms with Gasteiger partial charge in [-0.15, -0.1) is 11.3 Å². The molecule has 0 aliphatic heterocycles. The van der Waals surface area contributed by atoms with E-state index in [-0.39, 0.29) is 12.2 Å². The average Bonchev–Trinajstić information content (AvgIpc) is 3.17. The van der Waals surface area contributed by atoms with E-state index in [0.717, 1.165) is 17.0 Å². The number of nitrogens with zero attached hydrogens (tertiary/aromatic N) is 2. The Labute approximate surface area is 167 Å². The Balaban J connectivity index is 1.57. The number of halogens is 1. The summed E-state index contributed by atoms with van der Waals surface area (Å²) in [5, 5.41) is 12.5. The Kier molecular flexibility index (Phi) is 6.59. The predicted octanol–water partition coefficient (Wildman–Crippen LogP) is 5.50. The standard InChI is InChI=1S/C21H17ClN2O2S/c22-16-10-8-15(9-11-16)19-14-27-21(24-19)18(13-23)20(25)7-4-12-26-17-5-2-1-3-6-17/h1-3,5-6,8-11,14,18H,4,7,12H2. The van der Waals surface area contributed by atoms with E-state index < -0.39 is 5.92 Å². The number of hydrogen-bond acceptors (Lipinski definition) is 5. The highest BCUT2D eigenvalue weighted by atomic mass is 35.5. The van der Waals surface area contributed by atoms with Crippen LogP contribution in [0.4, 0.5) is 0 Å². The topological polar surface area (TPSA) is 63.0 Å². The molecule has 0 saturated carbocycles. The lowest BCUT2D eigenvalue weighted by molar-refractivity contribution is -0.119. The first-order valence-corrected chi connectivity index (χ1v) is 9.74. The van der Waals surface area contributed by atoms with Crippen LogP contribution in [0.5, 0.6) is 5.75 Å². The summed E-state index contributed by atoms with van der Waals surface area (Å²) < 4.78 is 5.59. The van der Waals surface area contributed by atoms with Gasteiger partial charge in [0.2, 0.25) is 0 Å². The lowest BCUT2D eigenvalue weighted by Gasteiger charge is -2.07. The van der Waals surface area contributed by atoms with Crippen LogP contribution < -0.4 is 4.74 Å². The average molecular weight is 397 g/mol. The third-order valence-electron chi connectivity index (χ3n) is 3.94. The van der Waals surface area contributed by atoms with Gasteiger partial charge in [-0.1, -0.05) is 41.9 Å². The van der Waals surface area contributed by atoms with Crippen molar-refractivity contribution >= 4 is 28.7 Å². The van der Waals surface area contributed by atoms with E-state index in [1.807, 2.05) is 47.8 Å². The van der Waals surface area contributed by atoms with Crippen molar-refractivity contribution in [1.29, 1.82) is 5.26 Å². The number of benzene rings is 2. The van der Waals surface area contributed by atoms with E-state index in [1.54, 1.807) is 12.1 Å². The fraction of sp³-hybridized carbons (Fsp3) is 0.190. The van der Waals surface area contributed by atoms with Crippen molar-refractivity contribution in [3.05, 3.63) is 70.0 Å². The van der Waals surface area contributed by atoms with Crippen molar-refractivity contribution in [3.8, 4) is 23.1 Å². The molecule has 1 atom stereocenters. The Hall–Kier alpha value is -2.68. The quantitative estimate of drug-likeness (QED) is 0.471. The minimum atomic E-state index is -0.840. The summed E-state index contributed by atoms with van der Waals surface area (Å²) in [7, 11) is 0. The molecule has 136 valence electrons. The van der Waals surface area contributed by atoms with Gasteiger partial charge in [0.15, 0.2) is 11.7 Å². The Morgan fingerprint density at radius 3 is 2.63 bits per heavy atom. The van der Waals surface area contributed by atoms with Gasteiger partial charge < -0.3 is 4.74 Å². The largest absolute Gasteiger partial charge is 0.494 e. The predicted molar refractivity (Wildman–Crippen MR) is 107 cm³/mol. The Morgan fingerprint density at radius 1 is 1.19 bits per heavy atom.